The molecule has 15 heteroatoms. The summed E-state index contributed by atoms with van der Waals surface area (Å²) in [6, 6.07) is 5.80. The van der Waals surface area contributed by atoms with Gasteiger partial charge in [-0.3, -0.25) is 9.59 Å². The lowest BCUT2D eigenvalue weighted by atomic mass is 9.93. The Kier molecular flexibility index (Phi) is 11.0. The topological polar surface area (TPSA) is 181 Å². The van der Waals surface area contributed by atoms with Crippen LogP contribution < -0.4 is 25.4 Å². The third-order valence-electron chi connectivity index (χ3n) is 12.0. The minimum atomic E-state index is -1.45. The van der Waals surface area contributed by atoms with E-state index in [1.165, 1.54) is 22.7 Å². The second-order valence-corrected chi connectivity index (χ2v) is 16.7. The summed E-state index contributed by atoms with van der Waals surface area (Å²) in [5.74, 6) is -1.33. The first-order chi connectivity index (χ1) is 27.2. The zero-order valence-corrected chi connectivity index (χ0v) is 32.5. The van der Waals surface area contributed by atoms with Crippen molar-refractivity contribution in [2.75, 3.05) is 19.0 Å². The number of alkyl carbamates (subject to hydrolysis) is 1. The number of methoxy groups -OCH3 is 1. The predicted octanol–water partition coefficient (Wildman–Crippen LogP) is 6.20. The summed E-state index contributed by atoms with van der Waals surface area (Å²) in [4.78, 5) is 65.7. The first-order valence-corrected chi connectivity index (χ1v) is 20.9. The van der Waals surface area contributed by atoms with Crippen LogP contribution in [0.1, 0.15) is 89.9 Å². The van der Waals surface area contributed by atoms with Crippen LogP contribution in [0.5, 0.6) is 11.5 Å². The Morgan fingerprint density at radius 1 is 0.982 bits per heavy atom. The summed E-state index contributed by atoms with van der Waals surface area (Å²) in [7, 11) is 1.59. The van der Waals surface area contributed by atoms with Crippen LogP contribution in [0.3, 0.4) is 0 Å². The van der Waals surface area contributed by atoms with Gasteiger partial charge in [-0.1, -0.05) is 25.0 Å². The molecule has 1 unspecified atom stereocenters. The van der Waals surface area contributed by atoms with E-state index in [0.717, 1.165) is 62.9 Å². The third kappa shape index (κ3) is 8.14. The van der Waals surface area contributed by atoms with Crippen LogP contribution in [-0.4, -0.2) is 93.4 Å². The Morgan fingerprint density at radius 3 is 2.57 bits per heavy atom. The van der Waals surface area contributed by atoms with E-state index in [-0.39, 0.29) is 31.4 Å². The average Bonchev–Trinajstić information content (AvgIpc) is 3.61. The van der Waals surface area contributed by atoms with Crippen LogP contribution in [0, 0.1) is 5.92 Å². The molecule has 1 saturated heterocycles. The molecule has 3 saturated carbocycles. The number of carbonyl (C=O) groups is 4. The molecule has 56 heavy (non-hydrogen) atoms. The number of anilines is 1. The summed E-state index contributed by atoms with van der Waals surface area (Å²) in [6.07, 6.45) is 13.2. The zero-order chi connectivity index (χ0) is 38.8. The Hall–Kier alpha value is -4.92. The van der Waals surface area contributed by atoms with Crippen LogP contribution in [0.2, 0.25) is 0 Å². The van der Waals surface area contributed by atoms with Crippen molar-refractivity contribution >= 4 is 51.2 Å². The lowest BCUT2D eigenvalue weighted by molar-refractivity contribution is -0.145. The van der Waals surface area contributed by atoms with E-state index in [9.17, 15) is 24.3 Å². The largest absolute Gasteiger partial charge is 0.497 e. The summed E-state index contributed by atoms with van der Waals surface area (Å²) in [6.45, 7) is 0.0393. The third-order valence-corrected chi connectivity index (χ3v) is 12.7. The van der Waals surface area contributed by atoms with E-state index in [4.69, 9.17) is 24.2 Å². The van der Waals surface area contributed by atoms with E-state index in [0.29, 0.717) is 52.7 Å². The van der Waals surface area contributed by atoms with E-state index < -0.39 is 47.6 Å². The number of carboxylic acids is 1. The van der Waals surface area contributed by atoms with Crippen molar-refractivity contribution in [3.63, 3.8) is 0 Å². The number of allylic oxidation sites excluding steroid dienone is 1. The number of hydrogen-bond acceptors (Lipinski definition) is 11. The van der Waals surface area contributed by atoms with Gasteiger partial charge in [0, 0.05) is 41.3 Å². The van der Waals surface area contributed by atoms with Crippen LogP contribution >= 0.6 is 11.3 Å². The van der Waals surface area contributed by atoms with E-state index in [1.807, 2.05) is 41.8 Å². The van der Waals surface area contributed by atoms with Crippen molar-refractivity contribution in [2.45, 2.75) is 126 Å². The van der Waals surface area contributed by atoms with Gasteiger partial charge in [0.1, 0.15) is 47.0 Å². The maximum absolute atomic E-state index is 14.6. The predicted molar refractivity (Wildman–Crippen MR) is 210 cm³/mol. The monoisotopic (exact) mass is 786 g/mol. The normalized spacial score (nSPS) is 27.3. The fourth-order valence-corrected chi connectivity index (χ4v) is 9.16. The number of pyridine rings is 1. The molecular formula is C41H50N6O8S. The molecule has 2 aliphatic heterocycles. The van der Waals surface area contributed by atoms with Gasteiger partial charge in [-0.15, -0.1) is 11.3 Å². The fourth-order valence-electron chi connectivity index (χ4n) is 8.38. The van der Waals surface area contributed by atoms with Crippen LogP contribution in [0.25, 0.3) is 22.3 Å². The lowest BCUT2D eigenvalue weighted by Gasteiger charge is -2.29. The van der Waals surface area contributed by atoms with Gasteiger partial charge >= 0.3 is 12.1 Å². The van der Waals surface area contributed by atoms with Crippen molar-refractivity contribution in [3.05, 3.63) is 41.8 Å². The Balaban J connectivity index is 1.09. The number of aliphatic carboxylic acids is 1. The number of nitrogens with zero attached hydrogens (tertiary/aromatic N) is 3. The number of hydrogen-bond donors (Lipinski definition) is 4. The molecule has 0 bridgehead atoms. The molecule has 5 atom stereocenters. The molecule has 0 spiro atoms. The summed E-state index contributed by atoms with van der Waals surface area (Å²) < 4.78 is 17.9. The first-order valence-electron chi connectivity index (χ1n) is 20.1. The minimum Gasteiger partial charge on any atom is -0.497 e. The van der Waals surface area contributed by atoms with Gasteiger partial charge in [0.25, 0.3) is 0 Å². The first kappa shape index (κ1) is 38.0. The molecule has 0 radical (unpaired) electrons. The number of thiazole rings is 1. The van der Waals surface area contributed by atoms with Gasteiger partial charge < -0.3 is 40.2 Å². The van der Waals surface area contributed by atoms with Crippen LogP contribution in [0.4, 0.5) is 9.93 Å². The molecule has 4 heterocycles. The molecule has 5 aliphatic rings. The summed E-state index contributed by atoms with van der Waals surface area (Å²) >= 11 is 1.52. The number of carboxylic acid groups (broad SMARTS) is 1. The average molecular weight is 787 g/mol. The molecule has 8 rings (SSSR count). The Bertz CT molecular complexity index is 1990. The molecule has 3 aromatic rings. The van der Waals surface area contributed by atoms with Crippen LogP contribution in [0.15, 0.2) is 41.8 Å². The standard InChI is InChI=1S/C41H50N6O8S/c1-53-27-16-17-29-31(18-27)43-32(33-23-56-39(44-33)42-25-11-9-12-25)20-35(29)54-28-19-34-36(48)46-41(38(50)51)21-24(41)10-5-3-2-4-6-15-30(37(49)47(34)22-28)45-40(52)55-26-13-7-8-14-26/h5,10,16-18,20,23-26,28,30,34H,2-4,6-9,11-15,19,21-22H2,1H3,(H,42,44)(H,45,52)(H,46,48)(H,50,51)/t24?,28-,30+,34+,41-/m1/s1. The molecule has 14 nitrogen and oxygen atoms in total. The van der Waals surface area contributed by atoms with Crippen molar-refractivity contribution in [2.24, 2.45) is 5.92 Å². The Labute approximate surface area is 329 Å². The van der Waals surface area contributed by atoms with Crippen LogP contribution in [-0.2, 0) is 19.1 Å². The number of fused-ring (bicyclic) bond motifs is 3. The second-order valence-electron chi connectivity index (χ2n) is 15.8. The smallest absolute Gasteiger partial charge is 0.408 e. The van der Waals surface area contributed by atoms with E-state index >= 15 is 0 Å². The summed E-state index contributed by atoms with van der Waals surface area (Å²) in [5.41, 5.74) is 0.465. The van der Waals surface area contributed by atoms with Gasteiger partial charge in [0.15, 0.2) is 5.13 Å². The maximum atomic E-state index is 14.6. The molecule has 3 amide bonds. The van der Waals surface area contributed by atoms with Crippen molar-refractivity contribution in [3.8, 4) is 22.9 Å². The molecule has 2 aromatic heterocycles. The molecular weight excluding hydrogens is 737 g/mol. The number of ether oxygens (including phenoxy) is 3. The molecule has 4 N–H and O–H groups in total. The fraction of sp³-hybridized carbons (Fsp3) is 0.561. The van der Waals surface area contributed by atoms with Gasteiger partial charge in [-0.25, -0.2) is 19.6 Å². The molecule has 4 fully saturated rings. The number of amides is 3. The quantitative estimate of drug-likeness (QED) is 0.182. The highest BCUT2D eigenvalue weighted by Crippen LogP contribution is 2.45. The van der Waals surface area contributed by atoms with Crippen molar-refractivity contribution in [1.82, 2.24) is 25.5 Å². The lowest BCUT2D eigenvalue weighted by Crippen LogP contribution is -2.56. The van der Waals surface area contributed by atoms with Gasteiger partial charge in [-0.05, 0) is 82.8 Å². The molecule has 3 aliphatic carbocycles. The number of nitrogens with one attached hydrogen (secondary N) is 3. The maximum Gasteiger partial charge on any atom is 0.408 e. The Morgan fingerprint density at radius 2 is 1.80 bits per heavy atom. The minimum absolute atomic E-state index is 0.0393. The van der Waals surface area contributed by atoms with Gasteiger partial charge in [0.05, 0.1) is 24.9 Å². The molecule has 298 valence electrons. The summed E-state index contributed by atoms with van der Waals surface area (Å²) in [5, 5.41) is 22.9. The van der Waals surface area contributed by atoms with E-state index in [1.54, 1.807) is 7.11 Å². The van der Waals surface area contributed by atoms with Gasteiger partial charge in [0.2, 0.25) is 11.8 Å². The molecule has 1 aromatic carbocycles. The zero-order valence-electron chi connectivity index (χ0n) is 31.7. The SMILES string of the molecule is COc1ccc2c(O[C@@H]3C[C@H]4C(=O)N[C@]5(C(=O)O)CC5C=CCCCCC[C@H](NC(=O)OC5CCCC5)C(=O)N4C3)cc(-c3csc(NC4CCC4)n3)nc2c1. The highest BCUT2D eigenvalue weighted by atomic mass is 32.1. The van der Waals surface area contributed by atoms with Crippen molar-refractivity contribution in [1.29, 1.82) is 0 Å². The number of carbonyl (C=O) groups excluding carboxylic acids is 3. The van der Waals surface area contributed by atoms with Crippen molar-refractivity contribution < 1.29 is 38.5 Å². The highest BCUT2D eigenvalue weighted by molar-refractivity contribution is 7.14. The van der Waals surface area contributed by atoms with Gasteiger partial charge in [-0.2, -0.15) is 0 Å². The number of aromatic nitrogens is 2. The number of rotatable bonds is 9. The number of benzene rings is 1. The van der Waals surface area contributed by atoms with E-state index in [2.05, 4.69) is 16.0 Å². The highest BCUT2D eigenvalue weighted by Gasteiger charge is 2.61. The second kappa shape index (κ2) is 16.3.